The second-order valence-electron chi connectivity index (χ2n) is 9.96. The van der Waals surface area contributed by atoms with E-state index in [-0.39, 0.29) is 41.0 Å². The highest BCUT2D eigenvalue weighted by Gasteiger charge is 2.30. The number of hydrogen-bond acceptors (Lipinski definition) is 8. The summed E-state index contributed by atoms with van der Waals surface area (Å²) in [4.78, 5) is 41.2. The minimum Gasteiger partial charge on any atom is -0.437 e. The highest BCUT2D eigenvalue weighted by atomic mass is 35.5. The number of halogens is 4. The van der Waals surface area contributed by atoms with E-state index >= 15 is 0 Å². The summed E-state index contributed by atoms with van der Waals surface area (Å²) in [6.45, 7) is 1.72. The zero-order valence-corrected chi connectivity index (χ0v) is 23.8. The molecule has 1 aliphatic rings. The van der Waals surface area contributed by atoms with Gasteiger partial charge in [0.1, 0.15) is 23.0 Å². The Bertz CT molecular complexity index is 1830. The molecule has 1 fully saturated rings. The standard InChI is InChI=1S/C29H23ClF3N7O4/c1-38-22-13-20(7-4-18(22)12-23(38)28(42)40-10-8-39(9-11-40)25(41)14-30)43-24-16-34-21(15-35-24)27-36-26(37-44-27)17-2-5-19(6-3-17)29(31,32)33/h2-7,12-13,15-16H,8-11,14H2,1H3. The molecule has 0 atom stereocenters. The minimum absolute atomic E-state index is 0.0356. The summed E-state index contributed by atoms with van der Waals surface area (Å²) < 4.78 is 51.4. The number of hydrogen-bond donors (Lipinski definition) is 0. The van der Waals surface area contributed by atoms with Gasteiger partial charge in [-0.25, -0.2) is 9.97 Å². The lowest BCUT2D eigenvalue weighted by atomic mass is 10.1. The van der Waals surface area contributed by atoms with Crippen LogP contribution in [0.1, 0.15) is 16.1 Å². The highest BCUT2D eigenvalue weighted by molar-refractivity contribution is 6.27. The van der Waals surface area contributed by atoms with Gasteiger partial charge in [-0.2, -0.15) is 18.2 Å². The maximum atomic E-state index is 13.3. The summed E-state index contributed by atoms with van der Waals surface area (Å²) in [5, 5.41) is 4.67. The van der Waals surface area contributed by atoms with Crippen molar-refractivity contribution in [2.75, 3.05) is 32.1 Å². The van der Waals surface area contributed by atoms with Gasteiger partial charge in [0, 0.05) is 50.2 Å². The van der Waals surface area contributed by atoms with Gasteiger partial charge in [0.25, 0.3) is 11.8 Å². The van der Waals surface area contributed by atoms with Crippen LogP contribution in [0.5, 0.6) is 11.6 Å². The zero-order chi connectivity index (χ0) is 31.0. The summed E-state index contributed by atoms with van der Waals surface area (Å²) in [5.74, 6) is 0.442. The fraction of sp³-hybridized carbons (Fsp3) is 0.241. The minimum atomic E-state index is -4.44. The molecular formula is C29H23ClF3N7O4. The molecule has 0 radical (unpaired) electrons. The van der Waals surface area contributed by atoms with Crippen LogP contribution in [0.4, 0.5) is 13.2 Å². The number of aromatic nitrogens is 5. The van der Waals surface area contributed by atoms with E-state index in [1.165, 1.54) is 24.5 Å². The largest absolute Gasteiger partial charge is 0.437 e. The average Bonchev–Trinajstić information content (AvgIpc) is 3.66. The molecule has 0 saturated carbocycles. The molecule has 0 aliphatic carbocycles. The molecule has 44 heavy (non-hydrogen) atoms. The van der Waals surface area contributed by atoms with E-state index in [0.29, 0.717) is 43.2 Å². The predicted molar refractivity (Wildman–Crippen MR) is 152 cm³/mol. The lowest BCUT2D eigenvalue weighted by molar-refractivity contribution is -0.137. The van der Waals surface area contributed by atoms with Gasteiger partial charge >= 0.3 is 6.18 Å². The van der Waals surface area contributed by atoms with E-state index in [1.54, 1.807) is 33.5 Å². The second kappa shape index (κ2) is 11.6. The molecule has 1 saturated heterocycles. The van der Waals surface area contributed by atoms with Crippen LogP contribution in [0.3, 0.4) is 0 Å². The monoisotopic (exact) mass is 625 g/mol. The van der Waals surface area contributed by atoms with Gasteiger partial charge in [0.15, 0.2) is 0 Å². The number of ether oxygens (including phenoxy) is 1. The predicted octanol–water partition coefficient (Wildman–Crippen LogP) is 5.02. The number of carbonyl (C=O) groups excluding carboxylic acids is 2. The Labute approximate surface area is 252 Å². The van der Waals surface area contributed by atoms with Gasteiger partial charge in [-0.1, -0.05) is 17.3 Å². The van der Waals surface area contributed by atoms with Gasteiger partial charge in [0.2, 0.25) is 17.6 Å². The fourth-order valence-electron chi connectivity index (χ4n) is 4.84. The SMILES string of the molecule is Cn1c(C(=O)N2CCN(C(=O)CCl)CC2)cc2ccc(Oc3cnc(-c4nc(-c5ccc(C(F)(F)F)cc5)no4)cn3)cc21. The molecule has 1 aliphatic heterocycles. The summed E-state index contributed by atoms with van der Waals surface area (Å²) in [5.41, 5.74) is 1.10. The van der Waals surface area contributed by atoms with Crippen molar-refractivity contribution in [3.63, 3.8) is 0 Å². The Balaban J connectivity index is 1.13. The number of carbonyl (C=O) groups is 2. The van der Waals surface area contributed by atoms with E-state index < -0.39 is 11.7 Å². The van der Waals surface area contributed by atoms with Crippen molar-refractivity contribution in [1.29, 1.82) is 0 Å². The van der Waals surface area contributed by atoms with Crippen LogP contribution in [0.2, 0.25) is 0 Å². The number of fused-ring (bicyclic) bond motifs is 1. The molecule has 5 aromatic rings. The topological polar surface area (TPSA) is 119 Å². The zero-order valence-electron chi connectivity index (χ0n) is 23.1. The van der Waals surface area contributed by atoms with Crippen LogP contribution in [-0.4, -0.2) is 78.3 Å². The van der Waals surface area contributed by atoms with Crippen molar-refractivity contribution in [3.05, 3.63) is 72.2 Å². The first kappa shape index (κ1) is 29.1. The maximum Gasteiger partial charge on any atom is 0.416 e. The Morgan fingerprint density at radius 1 is 0.977 bits per heavy atom. The first-order valence-corrected chi connectivity index (χ1v) is 13.9. The molecule has 2 amide bonds. The van der Waals surface area contributed by atoms with E-state index in [2.05, 4.69) is 20.1 Å². The molecule has 226 valence electrons. The first-order valence-electron chi connectivity index (χ1n) is 13.3. The van der Waals surface area contributed by atoms with Crippen LogP contribution in [0.25, 0.3) is 33.9 Å². The Kier molecular flexibility index (Phi) is 7.67. The molecule has 15 heteroatoms. The van der Waals surface area contributed by atoms with E-state index in [9.17, 15) is 22.8 Å². The van der Waals surface area contributed by atoms with Crippen LogP contribution >= 0.6 is 11.6 Å². The summed E-state index contributed by atoms with van der Waals surface area (Å²) in [6.07, 6.45) is -1.70. The van der Waals surface area contributed by atoms with Crippen molar-refractivity contribution in [3.8, 4) is 34.6 Å². The highest BCUT2D eigenvalue weighted by Crippen LogP contribution is 2.31. The third kappa shape index (κ3) is 5.80. The molecule has 3 aromatic heterocycles. The third-order valence-electron chi connectivity index (χ3n) is 7.24. The molecule has 0 N–H and O–H groups in total. The molecule has 6 rings (SSSR count). The van der Waals surface area contributed by atoms with Gasteiger partial charge in [-0.3, -0.25) is 9.59 Å². The number of alkyl halides is 4. The van der Waals surface area contributed by atoms with Crippen molar-refractivity contribution >= 4 is 34.3 Å². The molecule has 2 aromatic carbocycles. The third-order valence-corrected chi connectivity index (χ3v) is 7.46. The Morgan fingerprint density at radius 3 is 2.36 bits per heavy atom. The van der Waals surface area contributed by atoms with Crippen molar-refractivity contribution < 1.29 is 32.0 Å². The number of piperazine rings is 1. The second-order valence-corrected chi connectivity index (χ2v) is 10.2. The van der Waals surface area contributed by atoms with E-state index in [4.69, 9.17) is 20.9 Å². The molecule has 11 nitrogen and oxygen atoms in total. The maximum absolute atomic E-state index is 13.3. The van der Waals surface area contributed by atoms with Crippen LogP contribution in [-0.2, 0) is 18.0 Å². The van der Waals surface area contributed by atoms with Gasteiger partial charge in [-0.15, -0.1) is 11.6 Å². The number of benzene rings is 2. The van der Waals surface area contributed by atoms with Crippen molar-refractivity contribution in [1.82, 2.24) is 34.5 Å². The molecule has 4 heterocycles. The molecule has 0 bridgehead atoms. The number of amides is 2. The number of aryl methyl sites for hydroxylation is 1. The fourth-order valence-corrected chi connectivity index (χ4v) is 5.01. The normalized spacial score (nSPS) is 13.8. The first-order chi connectivity index (χ1) is 21.1. The Morgan fingerprint density at radius 2 is 1.70 bits per heavy atom. The van der Waals surface area contributed by atoms with Crippen molar-refractivity contribution in [2.24, 2.45) is 7.05 Å². The number of nitrogens with zero attached hydrogens (tertiary/aromatic N) is 7. The van der Waals surface area contributed by atoms with E-state index in [1.807, 2.05) is 12.1 Å². The van der Waals surface area contributed by atoms with Crippen LogP contribution in [0, 0.1) is 0 Å². The van der Waals surface area contributed by atoms with Gasteiger partial charge < -0.3 is 23.6 Å². The van der Waals surface area contributed by atoms with Crippen LogP contribution < -0.4 is 4.74 Å². The molecular weight excluding hydrogens is 603 g/mol. The molecule has 0 spiro atoms. The molecule has 0 unspecified atom stereocenters. The van der Waals surface area contributed by atoms with Crippen molar-refractivity contribution in [2.45, 2.75) is 6.18 Å². The Hall–Kier alpha value is -4.98. The van der Waals surface area contributed by atoms with E-state index in [0.717, 1.165) is 23.0 Å². The quantitative estimate of drug-likeness (QED) is 0.241. The van der Waals surface area contributed by atoms with Crippen LogP contribution in [0.15, 0.2) is 65.4 Å². The summed E-state index contributed by atoms with van der Waals surface area (Å²) in [6, 6.07) is 11.6. The summed E-state index contributed by atoms with van der Waals surface area (Å²) in [7, 11) is 1.80. The lowest BCUT2D eigenvalue weighted by Crippen LogP contribution is -2.51. The average molecular weight is 626 g/mol. The summed E-state index contributed by atoms with van der Waals surface area (Å²) >= 11 is 5.65. The number of rotatable bonds is 6. The van der Waals surface area contributed by atoms with Gasteiger partial charge in [0.05, 0.1) is 23.5 Å². The smallest absolute Gasteiger partial charge is 0.416 e. The lowest BCUT2D eigenvalue weighted by Gasteiger charge is -2.34. The van der Waals surface area contributed by atoms with Gasteiger partial charge in [-0.05, 0) is 30.3 Å².